The highest BCUT2D eigenvalue weighted by molar-refractivity contribution is 5.94. The lowest BCUT2D eigenvalue weighted by atomic mass is 9.97. The molecule has 0 aromatic heterocycles. The smallest absolute Gasteiger partial charge is 0.408 e. The van der Waals surface area contributed by atoms with Gasteiger partial charge >= 0.3 is 6.09 Å². The molecule has 0 aliphatic rings. The molecule has 1 aromatic rings. The second-order valence-corrected chi connectivity index (χ2v) is 10.7. The maximum atomic E-state index is 14.0. The zero-order valence-electron chi connectivity index (χ0n) is 23.6. The molecule has 0 radical (unpaired) electrons. The maximum Gasteiger partial charge on any atom is 0.408 e. The fourth-order valence-corrected chi connectivity index (χ4v) is 4.01. The fourth-order valence-electron chi connectivity index (χ4n) is 4.01. The van der Waals surface area contributed by atoms with Gasteiger partial charge < -0.3 is 26.0 Å². The van der Waals surface area contributed by atoms with Gasteiger partial charge in [0.1, 0.15) is 17.7 Å². The van der Waals surface area contributed by atoms with Crippen molar-refractivity contribution >= 4 is 23.8 Å². The van der Waals surface area contributed by atoms with Crippen molar-refractivity contribution < 1.29 is 23.9 Å². The monoisotopic (exact) mass is 518 g/mol. The van der Waals surface area contributed by atoms with E-state index in [1.165, 1.54) is 4.90 Å². The van der Waals surface area contributed by atoms with E-state index in [0.717, 1.165) is 31.2 Å². The lowest BCUT2D eigenvalue weighted by Crippen LogP contribution is -2.54. The molecule has 1 rings (SSSR count). The zero-order chi connectivity index (χ0) is 28.2. The summed E-state index contributed by atoms with van der Waals surface area (Å²) in [7, 11) is 0. The van der Waals surface area contributed by atoms with E-state index in [9.17, 15) is 19.2 Å². The Morgan fingerprint density at radius 2 is 1.62 bits per heavy atom. The van der Waals surface area contributed by atoms with E-state index < -0.39 is 42.0 Å². The minimum Gasteiger partial charge on any atom is -0.444 e. The highest BCUT2D eigenvalue weighted by Gasteiger charge is 2.37. The SMILES string of the molecule is CCCCCCCN(C(=O)C(CC(N)=O)NC(=O)OC(C)(C)C)C(C(=O)NC(C)C)c1ccccc1C. The highest BCUT2D eigenvalue weighted by Crippen LogP contribution is 2.27. The second kappa shape index (κ2) is 15.2. The van der Waals surface area contributed by atoms with E-state index in [1.807, 2.05) is 45.0 Å². The van der Waals surface area contributed by atoms with Gasteiger partial charge in [-0.15, -0.1) is 0 Å². The molecule has 4 amide bonds. The van der Waals surface area contributed by atoms with Crippen LogP contribution in [0, 0.1) is 6.92 Å². The molecule has 37 heavy (non-hydrogen) atoms. The van der Waals surface area contributed by atoms with Gasteiger partial charge in [0.05, 0.1) is 6.42 Å². The summed E-state index contributed by atoms with van der Waals surface area (Å²) in [5.41, 5.74) is 6.17. The first kappa shape index (κ1) is 31.9. The van der Waals surface area contributed by atoms with Crippen LogP contribution in [0.2, 0.25) is 0 Å². The van der Waals surface area contributed by atoms with Crippen LogP contribution in [0.25, 0.3) is 0 Å². The Morgan fingerprint density at radius 3 is 2.16 bits per heavy atom. The standard InChI is InChI=1S/C28H46N4O5/c1-8-9-10-11-14-17-32(24(25(34)30-19(2)3)21-16-13-12-15-20(21)4)26(35)22(18-23(29)33)31-27(36)37-28(5,6)7/h12-13,15-16,19,22,24H,8-11,14,17-18H2,1-7H3,(H2,29,33)(H,30,34)(H,31,36). The summed E-state index contributed by atoms with van der Waals surface area (Å²) in [5.74, 6) is -1.65. The summed E-state index contributed by atoms with van der Waals surface area (Å²) in [6.45, 7) is 13.1. The summed E-state index contributed by atoms with van der Waals surface area (Å²) in [6, 6.07) is 5.02. The number of primary amides is 1. The average Bonchev–Trinajstić information content (AvgIpc) is 2.76. The molecule has 9 heteroatoms. The van der Waals surface area contributed by atoms with Crippen molar-refractivity contribution in [3.05, 3.63) is 35.4 Å². The van der Waals surface area contributed by atoms with Crippen LogP contribution in [0.3, 0.4) is 0 Å². The molecule has 0 saturated heterocycles. The summed E-state index contributed by atoms with van der Waals surface area (Å²) in [5, 5.41) is 5.44. The molecular formula is C28H46N4O5. The molecule has 2 atom stereocenters. The summed E-state index contributed by atoms with van der Waals surface area (Å²) < 4.78 is 5.32. The summed E-state index contributed by atoms with van der Waals surface area (Å²) in [4.78, 5) is 53.4. The van der Waals surface area contributed by atoms with Gasteiger partial charge in [-0.1, -0.05) is 56.9 Å². The summed E-state index contributed by atoms with van der Waals surface area (Å²) in [6.07, 6.45) is 3.44. The number of amides is 4. The number of nitrogens with zero attached hydrogens (tertiary/aromatic N) is 1. The van der Waals surface area contributed by atoms with Crippen LogP contribution < -0.4 is 16.4 Å². The third-order valence-corrected chi connectivity index (χ3v) is 5.65. The van der Waals surface area contributed by atoms with Gasteiger partial charge in [-0.2, -0.15) is 0 Å². The minimum atomic E-state index is -1.28. The lowest BCUT2D eigenvalue weighted by molar-refractivity contribution is -0.143. The van der Waals surface area contributed by atoms with Crippen LogP contribution in [-0.4, -0.2) is 52.9 Å². The molecule has 208 valence electrons. The van der Waals surface area contributed by atoms with Crippen molar-refractivity contribution in [3.8, 4) is 0 Å². The van der Waals surface area contributed by atoms with Gasteiger partial charge in [0, 0.05) is 12.6 Å². The predicted octanol–water partition coefficient (Wildman–Crippen LogP) is 4.13. The molecule has 0 bridgehead atoms. The molecule has 0 fully saturated rings. The molecule has 0 aliphatic carbocycles. The van der Waals surface area contributed by atoms with E-state index >= 15 is 0 Å². The van der Waals surface area contributed by atoms with Crippen LogP contribution in [0.5, 0.6) is 0 Å². The number of rotatable bonds is 14. The van der Waals surface area contributed by atoms with Crippen molar-refractivity contribution in [2.75, 3.05) is 6.54 Å². The van der Waals surface area contributed by atoms with E-state index in [1.54, 1.807) is 20.8 Å². The van der Waals surface area contributed by atoms with Crippen molar-refractivity contribution in [2.45, 2.75) is 111 Å². The number of nitrogens with two attached hydrogens (primary N) is 1. The Hall–Kier alpha value is -3.10. The van der Waals surface area contributed by atoms with E-state index in [4.69, 9.17) is 10.5 Å². The Labute approximate surface area is 221 Å². The van der Waals surface area contributed by atoms with Crippen LogP contribution in [0.4, 0.5) is 4.79 Å². The third-order valence-electron chi connectivity index (χ3n) is 5.65. The highest BCUT2D eigenvalue weighted by atomic mass is 16.6. The van der Waals surface area contributed by atoms with Crippen LogP contribution in [0.15, 0.2) is 24.3 Å². The second-order valence-electron chi connectivity index (χ2n) is 10.7. The van der Waals surface area contributed by atoms with Crippen molar-refractivity contribution in [1.29, 1.82) is 0 Å². The minimum absolute atomic E-state index is 0.151. The molecular weight excluding hydrogens is 472 g/mol. The lowest BCUT2D eigenvalue weighted by Gasteiger charge is -2.35. The maximum absolute atomic E-state index is 14.0. The van der Waals surface area contributed by atoms with Gasteiger partial charge in [-0.05, 0) is 59.1 Å². The number of hydrogen-bond acceptors (Lipinski definition) is 5. The van der Waals surface area contributed by atoms with E-state index in [-0.39, 0.29) is 18.5 Å². The Balaban J connectivity index is 3.47. The number of nitrogens with one attached hydrogen (secondary N) is 2. The Kier molecular flexibility index (Phi) is 13.1. The van der Waals surface area contributed by atoms with Gasteiger partial charge in [0.2, 0.25) is 17.7 Å². The normalized spacial score (nSPS) is 13.0. The van der Waals surface area contributed by atoms with Crippen molar-refractivity contribution in [2.24, 2.45) is 5.73 Å². The predicted molar refractivity (Wildman–Crippen MR) is 145 cm³/mol. The first-order chi connectivity index (χ1) is 17.3. The molecule has 0 spiro atoms. The first-order valence-corrected chi connectivity index (χ1v) is 13.2. The number of hydrogen-bond donors (Lipinski definition) is 3. The number of aryl methyl sites for hydroxylation is 1. The fraction of sp³-hybridized carbons (Fsp3) is 0.643. The number of carbonyl (C=O) groups excluding carboxylic acids is 4. The molecule has 0 heterocycles. The number of benzene rings is 1. The Bertz CT molecular complexity index is 910. The van der Waals surface area contributed by atoms with Gasteiger partial charge in [-0.3, -0.25) is 14.4 Å². The number of carbonyl (C=O) groups is 4. The van der Waals surface area contributed by atoms with E-state index in [2.05, 4.69) is 17.6 Å². The van der Waals surface area contributed by atoms with Crippen molar-refractivity contribution in [1.82, 2.24) is 15.5 Å². The molecule has 4 N–H and O–H groups in total. The molecule has 0 aliphatic heterocycles. The quantitative estimate of drug-likeness (QED) is 0.319. The largest absolute Gasteiger partial charge is 0.444 e. The Morgan fingerprint density at radius 1 is 1.00 bits per heavy atom. The molecule has 1 aromatic carbocycles. The van der Waals surface area contributed by atoms with Gasteiger partial charge in [0.25, 0.3) is 0 Å². The third kappa shape index (κ3) is 11.7. The number of unbranched alkanes of at least 4 members (excludes halogenated alkanes) is 4. The zero-order valence-corrected chi connectivity index (χ0v) is 23.6. The average molecular weight is 519 g/mol. The molecule has 2 unspecified atom stereocenters. The topological polar surface area (TPSA) is 131 Å². The van der Waals surface area contributed by atoms with Crippen molar-refractivity contribution in [3.63, 3.8) is 0 Å². The van der Waals surface area contributed by atoms with Gasteiger partial charge in [0.15, 0.2) is 0 Å². The number of alkyl carbamates (subject to hydrolysis) is 1. The number of ether oxygens (including phenoxy) is 1. The molecule has 9 nitrogen and oxygen atoms in total. The first-order valence-electron chi connectivity index (χ1n) is 13.2. The van der Waals surface area contributed by atoms with Crippen LogP contribution >= 0.6 is 0 Å². The summed E-state index contributed by atoms with van der Waals surface area (Å²) >= 11 is 0. The van der Waals surface area contributed by atoms with Gasteiger partial charge in [-0.25, -0.2) is 4.79 Å². The van der Waals surface area contributed by atoms with Crippen LogP contribution in [0.1, 0.15) is 97.2 Å². The van der Waals surface area contributed by atoms with E-state index in [0.29, 0.717) is 12.0 Å². The van der Waals surface area contributed by atoms with Crippen LogP contribution in [-0.2, 0) is 19.1 Å². The molecule has 0 saturated carbocycles.